The van der Waals surface area contributed by atoms with Gasteiger partial charge in [-0.25, -0.2) is 0 Å². The highest BCUT2D eigenvalue weighted by atomic mass is 35.5. The number of hydrogen-bond donors (Lipinski definition) is 2. The molecule has 0 saturated carbocycles. The van der Waals surface area contributed by atoms with E-state index < -0.39 is 6.10 Å². The maximum Gasteiger partial charge on any atom is 0.253 e. The minimum absolute atomic E-state index is 0.0153. The molecule has 1 aromatic rings. The topological polar surface area (TPSA) is 67.6 Å². The first kappa shape index (κ1) is 15.1. The van der Waals surface area contributed by atoms with Gasteiger partial charge < -0.3 is 20.7 Å². The number of ether oxygens (including phenoxy) is 1. The number of rotatable bonds is 4. The highest BCUT2D eigenvalue weighted by Gasteiger charge is 2.30. The molecule has 6 heteroatoms. The zero-order valence-corrected chi connectivity index (χ0v) is 12.5. The van der Waals surface area contributed by atoms with Gasteiger partial charge in [0.2, 0.25) is 0 Å². The van der Waals surface area contributed by atoms with E-state index in [0.717, 1.165) is 12.1 Å². The lowest BCUT2D eigenvalue weighted by Gasteiger charge is -2.20. The van der Waals surface area contributed by atoms with Crippen molar-refractivity contribution in [2.45, 2.75) is 25.0 Å². The molecule has 0 unspecified atom stereocenters. The Kier molecular flexibility index (Phi) is 4.86. The lowest BCUT2D eigenvalue weighted by atomic mass is 10.2. The smallest absolute Gasteiger partial charge is 0.253 e. The third-order valence-corrected chi connectivity index (χ3v) is 3.66. The molecule has 0 bridgehead atoms. The standard InChI is InChI=1S/C14H20ClN3O2/c1-18(2)13-10(15)4-3-5-11(13)17-14(19)12-7-6-9(8-16)20-12/h3-5,9,12H,6-8,16H2,1-2H3,(H,17,19)/t9-,12+/m1/s1. The molecule has 0 radical (unpaired) electrons. The minimum atomic E-state index is -0.433. The van der Waals surface area contributed by atoms with E-state index in [1.165, 1.54) is 0 Å². The molecule has 1 aromatic carbocycles. The molecule has 0 spiro atoms. The maximum absolute atomic E-state index is 12.2. The number of halogens is 1. The van der Waals surface area contributed by atoms with Crippen LogP contribution in [0.3, 0.4) is 0 Å². The number of nitrogens with one attached hydrogen (secondary N) is 1. The number of anilines is 2. The molecular weight excluding hydrogens is 278 g/mol. The molecule has 1 fully saturated rings. The van der Waals surface area contributed by atoms with Crippen molar-refractivity contribution in [2.75, 3.05) is 30.9 Å². The lowest BCUT2D eigenvalue weighted by molar-refractivity contribution is -0.126. The Hall–Kier alpha value is -1.30. The molecule has 3 N–H and O–H groups in total. The van der Waals surface area contributed by atoms with Crippen molar-refractivity contribution in [2.24, 2.45) is 5.73 Å². The summed E-state index contributed by atoms with van der Waals surface area (Å²) in [5, 5.41) is 3.49. The quantitative estimate of drug-likeness (QED) is 0.890. The van der Waals surface area contributed by atoms with E-state index in [9.17, 15) is 4.79 Å². The summed E-state index contributed by atoms with van der Waals surface area (Å²) in [6, 6.07) is 5.43. The van der Waals surface area contributed by atoms with Gasteiger partial charge in [0.1, 0.15) is 6.10 Å². The summed E-state index contributed by atoms with van der Waals surface area (Å²) in [6.07, 6.45) is 1.08. The van der Waals surface area contributed by atoms with Crippen LogP contribution in [0.4, 0.5) is 11.4 Å². The van der Waals surface area contributed by atoms with Gasteiger partial charge in [-0.05, 0) is 25.0 Å². The van der Waals surface area contributed by atoms with E-state index in [4.69, 9.17) is 22.1 Å². The second-order valence-corrected chi connectivity index (χ2v) is 5.49. The summed E-state index contributed by atoms with van der Waals surface area (Å²) < 4.78 is 5.59. The van der Waals surface area contributed by atoms with E-state index in [1.54, 1.807) is 6.07 Å². The summed E-state index contributed by atoms with van der Waals surface area (Å²) in [4.78, 5) is 14.1. The maximum atomic E-state index is 12.2. The molecular formula is C14H20ClN3O2. The fourth-order valence-electron chi connectivity index (χ4n) is 2.36. The van der Waals surface area contributed by atoms with Crippen molar-refractivity contribution in [3.8, 4) is 0 Å². The average molecular weight is 298 g/mol. The molecule has 1 saturated heterocycles. The number of nitrogens with two attached hydrogens (primary N) is 1. The largest absolute Gasteiger partial charge is 0.375 e. The van der Waals surface area contributed by atoms with Crippen LogP contribution in [0.25, 0.3) is 0 Å². The van der Waals surface area contributed by atoms with Crippen LogP contribution in [-0.4, -0.2) is 38.8 Å². The highest BCUT2D eigenvalue weighted by Crippen LogP contribution is 2.33. The molecule has 110 valence electrons. The lowest BCUT2D eigenvalue weighted by Crippen LogP contribution is -2.30. The number of nitrogens with zero attached hydrogens (tertiary/aromatic N) is 1. The number of para-hydroxylation sites is 1. The highest BCUT2D eigenvalue weighted by molar-refractivity contribution is 6.34. The van der Waals surface area contributed by atoms with Crippen LogP contribution in [0.5, 0.6) is 0 Å². The van der Waals surface area contributed by atoms with Crippen molar-refractivity contribution < 1.29 is 9.53 Å². The molecule has 1 aliphatic rings. The summed E-state index contributed by atoms with van der Waals surface area (Å²) in [7, 11) is 3.76. The van der Waals surface area contributed by atoms with Crippen LogP contribution >= 0.6 is 11.6 Å². The SMILES string of the molecule is CN(C)c1c(Cl)cccc1NC(=O)[C@@H]1CC[C@H](CN)O1. The second-order valence-electron chi connectivity index (χ2n) is 5.08. The fourth-order valence-corrected chi connectivity index (χ4v) is 2.70. The van der Waals surface area contributed by atoms with Crippen LogP contribution in [0.15, 0.2) is 18.2 Å². The monoisotopic (exact) mass is 297 g/mol. The average Bonchev–Trinajstić information content (AvgIpc) is 2.87. The van der Waals surface area contributed by atoms with Crippen molar-refractivity contribution in [1.29, 1.82) is 0 Å². The van der Waals surface area contributed by atoms with Gasteiger partial charge in [-0.2, -0.15) is 0 Å². The van der Waals surface area contributed by atoms with Crippen molar-refractivity contribution in [3.63, 3.8) is 0 Å². The van der Waals surface area contributed by atoms with Gasteiger partial charge in [-0.1, -0.05) is 17.7 Å². The first-order valence-corrected chi connectivity index (χ1v) is 7.03. The van der Waals surface area contributed by atoms with E-state index in [1.807, 2.05) is 31.1 Å². The summed E-state index contributed by atoms with van der Waals surface area (Å²) in [5.41, 5.74) is 7.03. The van der Waals surface area contributed by atoms with Gasteiger partial charge in [-0.15, -0.1) is 0 Å². The third-order valence-electron chi connectivity index (χ3n) is 3.35. The molecule has 5 nitrogen and oxygen atoms in total. The Morgan fingerprint density at radius 3 is 2.85 bits per heavy atom. The van der Waals surface area contributed by atoms with Gasteiger partial charge >= 0.3 is 0 Å². The predicted molar refractivity (Wildman–Crippen MR) is 81.4 cm³/mol. The first-order chi connectivity index (χ1) is 9.52. The summed E-state index contributed by atoms with van der Waals surface area (Å²) >= 11 is 6.17. The van der Waals surface area contributed by atoms with Crippen LogP contribution < -0.4 is 16.0 Å². The van der Waals surface area contributed by atoms with E-state index in [-0.39, 0.29) is 12.0 Å². The minimum Gasteiger partial charge on any atom is -0.375 e. The third kappa shape index (κ3) is 3.23. The Labute approximate surface area is 124 Å². The van der Waals surface area contributed by atoms with Gasteiger partial charge in [0.25, 0.3) is 5.91 Å². The van der Waals surface area contributed by atoms with Crippen molar-refractivity contribution in [3.05, 3.63) is 23.2 Å². The van der Waals surface area contributed by atoms with Crippen molar-refractivity contribution >= 4 is 28.9 Å². The summed E-state index contributed by atoms with van der Waals surface area (Å²) in [5.74, 6) is -0.147. The van der Waals surface area contributed by atoms with E-state index in [2.05, 4.69) is 5.32 Å². The van der Waals surface area contributed by atoms with Crippen LogP contribution in [-0.2, 0) is 9.53 Å². The fraction of sp³-hybridized carbons (Fsp3) is 0.500. The normalized spacial score (nSPS) is 21.8. The number of benzene rings is 1. The van der Waals surface area contributed by atoms with Crippen LogP contribution in [0, 0.1) is 0 Å². The van der Waals surface area contributed by atoms with Gasteiger partial charge in [0.15, 0.2) is 0 Å². The van der Waals surface area contributed by atoms with Gasteiger partial charge in [0.05, 0.1) is 22.5 Å². The van der Waals surface area contributed by atoms with E-state index in [0.29, 0.717) is 23.7 Å². The van der Waals surface area contributed by atoms with Crippen LogP contribution in [0.2, 0.25) is 5.02 Å². The Morgan fingerprint density at radius 1 is 1.50 bits per heavy atom. The van der Waals surface area contributed by atoms with Gasteiger partial charge in [-0.3, -0.25) is 4.79 Å². The van der Waals surface area contributed by atoms with Crippen LogP contribution in [0.1, 0.15) is 12.8 Å². The van der Waals surface area contributed by atoms with Gasteiger partial charge in [0, 0.05) is 20.6 Å². The molecule has 0 aromatic heterocycles. The Balaban J connectivity index is 2.11. The zero-order valence-electron chi connectivity index (χ0n) is 11.7. The Bertz CT molecular complexity index is 493. The molecule has 20 heavy (non-hydrogen) atoms. The number of amides is 1. The Morgan fingerprint density at radius 2 is 2.25 bits per heavy atom. The first-order valence-electron chi connectivity index (χ1n) is 6.65. The molecule has 2 rings (SSSR count). The molecule has 1 amide bonds. The van der Waals surface area contributed by atoms with Crippen molar-refractivity contribution in [1.82, 2.24) is 0 Å². The molecule has 1 heterocycles. The van der Waals surface area contributed by atoms with E-state index >= 15 is 0 Å². The summed E-state index contributed by atoms with van der Waals surface area (Å²) in [6.45, 7) is 0.448. The number of carbonyl (C=O) groups excluding carboxylic acids is 1. The number of hydrogen-bond acceptors (Lipinski definition) is 4. The molecule has 2 atom stereocenters. The zero-order chi connectivity index (χ0) is 14.7. The predicted octanol–water partition coefficient (Wildman–Crippen LogP) is 1.85. The second kappa shape index (κ2) is 6.43. The molecule has 0 aliphatic carbocycles. The number of carbonyl (C=O) groups is 1. The molecule has 1 aliphatic heterocycles.